The molecule has 1 unspecified atom stereocenters. The smallest absolute Gasteiger partial charge is 0.283 e. The lowest BCUT2D eigenvalue weighted by atomic mass is 10.1. The van der Waals surface area contributed by atoms with Crippen LogP contribution >= 0.6 is 0 Å². The Labute approximate surface area is 170 Å². The van der Waals surface area contributed by atoms with Gasteiger partial charge < -0.3 is 10.1 Å². The first-order chi connectivity index (χ1) is 13.9. The van der Waals surface area contributed by atoms with Crippen molar-refractivity contribution < 1.29 is 19.2 Å². The zero-order chi connectivity index (χ0) is 21.2. The number of hydrogen-bond acceptors (Lipinski definition) is 7. The molecule has 2 N–H and O–H groups in total. The van der Waals surface area contributed by atoms with Gasteiger partial charge in [-0.25, -0.2) is 5.01 Å². The number of Topliss-reactive ketones (excluding diaryl/α,β-unsaturated/α-hetero) is 1. The normalized spacial score (nSPS) is 17.0. The summed E-state index contributed by atoms with van der Waals surface area (Å²) in [6.45, 7) is 6.38. The lowest BCUT2D eigenvalue weighted by molar-refractivity contribution is -0.385. The van der Waals surface area contributed by atoms with Crippen molar-refractivity contribution in [3.63, 3.8) is 0 Å². The van der Waals surface area contributed by atoms with Crippen LogP contribution in [0.15, 0.2) is 18.2 Å². The lowest BCUT2D eigenvalue weighted by Crippen LogP contribution is -2.57. The highest BCUT2D eigenvalue weighted by molar-refractivity contribution is 5.98. The second kappa shape index (κ2) is 11.5. The van der Waals surface area contributed by atoms with Gasteiger partial charge in [-0.1, -0.05) is 12.8 Å². The maximum atomic E-state index is 12.0. The summed E-state index contributed by atoms with van der Waals surface area (Å²) in [6, 6.07) is 4.59. The van der Waals surface area contributed by atoms with E-state index in [1.165, 1.54) is 19.1 Å². The van der Waals surface area contributed by atoms with Gasteiger partial charge in [0, 0.05) is 32.1 Å². The summed E-state index contributed by atoms with van der Waals surface area (Å²) in [5.41, 5.74) is 2.81. The maximum Gasteiger partial charge on any atom is 0.283 e. The van der Waals surface area contributed by atoms with Crippen molar-refractivity contribution in [2.45, 2.75) is 52.0 Å². The molecule has 0 spiro atoms. The molecule has 9 heteroatoms. The highest BCUT2D eigenvalue weighted by atomic mass is 16.6. The number of ether oxygens (including phenoxy) is 1. The Hall–Kier alpha value is -2.52. The van der Waals surface area contributed by atoms with Crippen molar-refractivity contribution in [3.05, 3.63) is 33.9 Å². The van der Waals surface area contributed by atoms with E-state index in [9.17, 15) is 19.7 Å². The molecule has 1 atom stereocenters. The molecule has 0 radical (unpaired) electrons. The molecule has 0 saturated carbocycles. The highest BCUT2D eigenvalue weighted by Gasteiger charge is 2.19. The predicted molar refractivity (Wildman–Crippen MR) is 109 cm³/mol. The summed E-state index contributed by atoms with van der Waals surface area (Å²) in [5.74, 6) is 0.0813. The Morgan fingerprint density at radius 3 is 2.76 bits per heavy atom. The molecular weight excluding hydrogens is 376 g/mol. The van der Waals surface area contributed by atoms with E-state index in [0.29, 0.717) is 24.8 Å². The first-order valence-corrected chi connectivity index (χ1v) is 10.1. The Morgan fingerprint density at radius 2 is 2.07 bits per heavy atom. The van der Waals surface area contributed by atoms with Gasteiger partial charge in [-0.3, -0.25) is 25.1 Å². The minimum Gasteiger partial charge on any atom is -0.493 e. The quantitative estimate of drug-likeness (QED) is 0.251. The summed E-state index contributed by atoms with van der Waals surface area (Å²) in [6.07, 6.45) is 3.92. The van der Waals surface area contributed by atoms with E-state index in [-0.39, 0.29) is 22.9 Å². The fourth-order valence-corrected chi connectivity index (χ4v) is 3.20. The van der Waals surface area contributed by atoms with E-state index in [2.05, 4.69) is 17.7 Å². The van der Waals surface area contributed by atoms with Gasteiger partial charge in [-0.05, 0) is 38.8 Å². The van der Waals surface area contributed by atoms with Crippen LogP contribution in [0.3, 0.4) is 0 Å². The third kappa shape index (κ3) is 7.43. The van der Waals surface area contributed by atoms with E-state index >= 15 is 0 Å². The largest absolute Gasteiger partial charge is 0.493 e. The van der Waals surface area contributed by atoms with Crippen molar-refractivity contribution in [1.29, 1.82) is 0 Å². The molecule has 9 nitrogen and oxygen atoms in total. The Kier molecular flexibility index (Phi) is 9.01. The topological polar surface area (TPSA) is 114 Å². The molecule has 0 bridgehead atoms. The number of nitro benzene ring substituents is 1. The van der Waals surface area contributed by atoms with Gasteiger partial charge in [0.05, 0.1) is 23.2 Å². The average Bonchev–Trinajstić information content (AvgIpc) is 2.68. The molecule has 2 rings (SSSR count). The molecule has 1 aromatic rings. The zero-order valence-electron chi connectivity index (χ0n) is 17.1. The highest BCUT2D eigenvalue weighted by Crippen LogP contribution is 2.25. The molecular formula is C20H30N4O5. The van der Waals surface area contributed by atoms with Gasteiger partial charge in [0.25, 0.3) is 5.69 Å². The fraction of sp³-hybridized carbons (Fsp3) is 0.600. The molecule has 29 heavy (non-hydrogen) atoms. The number of rotatable bonds is 11. The zero-order valence-corrected chi connectivity index (χ0v) is 17.1. The van der Waals surface area contributed by atoms with Gasteiger partial charge >= 0.3 is 0 Å². The molecule has 160 valence electrons. The number of carbonyl (C=O) groups excluding carboxylic acids is 2. The number of amides is 1. The number of hydrazine groups is 1. The number of nitrogens with one attached hydrogen (secondary N) is 2. The van der Waals surface area contributed by atoms with Gasteiger partial charge in [-0.2, -0.15) is 0 Å². The third-order valence-corrected chi connectivity index (χ3v) is 4.88. The number of nitro groups is 1. The summed E-state index contributed by atoms with van der Waals surface area (Å²) < 4.78 is 5.56. The number of carbonyl (C=O) groups is 2. The molecule has 0 aromatic heterocycles. The summed E-state index contributed by atoms with van der Waals surface area (Å²) in [4.78, 5) is 34.0. The number of hydrogen-bond donors (Lipinski definition) is 2. The SMILES string of the molecule is CC(=O)c1ccc(OCCCCCCC(=O)NN2CCNCC2C)cc1[N+](=O)[O-]. The number of ketones is 1. The van der Waals surface area contributed by atoms with Crippen LogP contribution < -0.4 is 15.5 Å². The molecule has 1 saturated heterocycles. The van der Waals surface area contributed by atoms with E-state index < -0.39 is 4.92 Å². The van der Waals surface area contributed by atoms with Crippen LogP contribution in [0.2, 0.25) is 0 Å². The molecule has 1 aromatic carbocycles. The second-order valence-corrected chi connectivity index (χ2v) is 7.29. The second-order valence-electron chi connectivity index (χ2n) is 7.29. The summed E-state index contributed by atoms with van der Waals surface area (Å²) in [7, 11) is 0. The van der Waals surface area contributed by atoms with Crippen molar-refractivity contribution in [3.8, 4) is 5.75 Å². The lowest BCUT2D eigenvalue weighted by Gasteiger charge is -2.33. The van der Waals surface area contributed by atoms with Gasteiger partial charge in [0.15, 0.2) is 5.78 Å². The third-order valence-electron chi connectivity index (χ3n) is 4.88. The number of nitrogens with zero attached hydrogens (tertiary/aromatic N) is 2. The minimum absolute atomic E-state index is 0.0490. The van der Waals surface area contributed by atoms with Crippen LogP contribution in [-0.4, -0.2) is 53.9 Å². The van der Waals surface area contributed by atoms with E-state index in [0.717, 1.165) is 45.3 Å². The van der Waals surface area contributed by atoms with Crippen LogP contribution in [0.4, 0.5) is 5.69 Å². The minimum atomic E-state index is -0.574. The van der Waals surface area contributed by atoms with E-state index in [1.807, 2.05) is 5.01 Å². The molecule has 1 aliphatic heterocycles. The van der Waals surface area contributed by atoms with Crippen LogP contribution in [-0.2, 0) is 4.79 Å². The Morgan fingerprint density at radius 1 is 1.31 bits per heavy atom. The molecule has 1 aliphatic rings. The van der Waals surface area contributed by atoms with Gasteiger partial charge in [-0.15, -0.1) is 0 Å². The molecule has 0 aliphatic carbocycles. The van der Waals surface area contributed by atoms with Crippen LogP contribution in [0.5, 0.6) is 5.75 Å². The molecule has 1 fully saturated rings. The molecule has 1 amide bonds. The summed E-state index contributed by atoms with van der Waals surface area (Å²) in [5, 5.41) is 16.4. The fourth-order valence-electron chi connectivity index (χ4n) is 3.20. The van der Waals surface area contributed by atoms with Crippen LogP contribution in [0, 0.1) is 10.1 Å². The number of benzene rings is 1. The van der Waals surface area contributed by atoms with Crippen molar-refractivity contribution in [2.75, 3.05) is 26.2 Å². The van der Waals surface area contributed by atoms with Crippen molar-refractivity contribution >= 4 is 17.4 Å². The Balaban J connectivity index is 1.61. The van der Waals surface area contributed by atoms with Gasteiger partial charge in [0.2, 0.25) is 5.91 Å². The maximum absolute atomic E-state index is 12.0. The number of piperazine rings is 1. The van der Waals surface area contributed by atoms with Crippen molar-refractivity contribution in [1.82, 2.24) is 15.8 Å². The standard InChI is InChI=1S/C20H30N4O5/c1-15-14-21-10-11-23(15)22-20(26)7-5-3-4-6-12-29-17-8-9-18(16(2)25)19(13-17)24(27)28/h8-9,13,15,21H,3-7,10-12,14H2,1-2H3,(H,22,26). The monoisotopic (exact) mass is 406 g/mol. The first-order valence-electron chi connectivity index (χ1n) is 10.1. The van der Waals surface area contributed by atoms with Crippen LogP contribution in [0.1, 0.15) is 56.3 Å². The predicted octanol–water partition coefficient (Wildman–Crippen LogP) is 2.45. The molecule has 1 heterocycles. The van der Waals surface area contributed by atoms with Gasteiger partial charge in [0.1, 0.15) is 5.75 Å². The summed E-state index contributed by atoms with van der Waals surface area (Å²) >= 11 is 0. The van der Waals surface area contributed by atoms with E-state index in [1.54, 1.807) is 6.07 Å². The number of unbranched alkanes of at least 4 members (excludes halogenated alkanes) is 3. The van der Waals surface area contributed by atoms with Crippen LogP contribution in [0.25, 0.3) is 0 Å². The van der Waals surface area contributed by atoms with Crippen molar-refractivity contribution in [2.24, 2.45) is 0 Å². The Bertz CT molecular complexity index is 725. The average molecular weight is 406 g/mol. The first kappa shape index (κ1) is 22.8. The van der Waals surface area contributed by atoms with E-state index in [4.69, 9.17) is 4.74 Å².